The molecule has 0 saturated carbocycles. The van der Waals surface area contributed by atoms with Crippen LogP contribution in [0.2, 0.25) is 0 Å². The van der Waals surface area contributed by atoms with Crippen LogP contribution in [0.4, 0.5) is 5.69 Å². The lowest BCUT2D eigenvalue weighted by molar-refractivity contribution is 0.391. The van der Waals surface area contributed by atoms with Gasteiger partial charge in [0.1, 0.15) is 0 Å². The topological polar surface area (TPSA) is 47.6 Å². The molecule has 2 aromatic carbocycles. The Kier molecular flexibility index (Phi) is 4.59. The average molecular weight is 305 g/mol. The van der Waals surface area contributed by atoms with Gasteiger partial charge in [-0.05, 0) is 37.1 Å². The van der Waals surface area contributed by atoms with E-state index in [1.165, 1.54) is 0 Å². The maximum atomic E-state index is 12.7. The minimum Gasteiger partial charge on any atom is -0.493 e. The van der Waals surface area contributed by atoms with Gasteiger partial charge in [-0.15, -0.1) is 0 Å². The van der Waals surface area contributed by atoms with Crippen LogP contribution in [0.5, 0.6) is 11.5 Å². The van der Waals surface area contributed by atoms with E-state index in [1.807, 2.05) is 44.2 Å². The van der Waals surface area contributed by atoms with Crippen molar-refractivity contribution in [3.05, 3.63) is 53.6 Å². The van der Waals surface area contributed by atoms with Gasteiger partial charge >= 0.3 is 7.52 Å². The van der Waals surface area contributed by atoms with Gasteiger partial charge in [0.25, 0.3) is 0 Å². The lowest BCUT2D eigenvalue weighted by atomic mass is 10.1. The van der Waals surface area contributed by atoms with E-state index < -0.39 is 7.52 Å². The lowest BCUT2D eigenvalue weighted by Gasteiger charge is -2.21. The highest BCUT2D eigenvalue weighted by Gasteiger charge is 2.21. The van der Waals surface area contributed by atoms with Gasteiger partial charge in [0.05, 0.1) is 7.11 Å². The summed E-state index contributed by atoms with van der Waals surface area (Å²) in [5, 5.41) is 3.03. The molecule has 0 radical (unpaired) electrons. The first-order valence-electron chi connectivity index (χ1n) is 6.67. The molecule has 0 aliphatic carbocycles. The van der Waals surface area contributed by atoms with Crippen molar-refractivity contribution >= 4 is 13.2 Å². The zero-order chi connectivity index (χ0) is 15.5. The summed E-state index contributed by atoms with van der Waals surface area (Å²) < 4.78 is 23.6. The van der Waals surface area contributed by atoms with Crippen LogP contribution in [-0.4, -0.2) is 13.8 Å². The number of para-hydroxylation sites is 3. The Bertz CT molecular complexity index is 665. The summed E-state index contributed by atoms with van der Waals surface area (Å²) in [5.41, 5.74) is 2.90. The molecular formula is C16H20NO3P. The Balaban J connectivity index is 2.25. The predicted octanol–water partition coefficient (Wildman–Crippen LogP) is 4.63. The van der Waals surface area contributed by atoms with E-state index in [1.54, 1.807) is 25.9 Å². The molecule has 0 spiro atoms. The minimum atomic E-state index is -3.06. The summed E-state index contributed by atoms with van der Waals surface area (Å²) in [4.78, 5) is 0. The fraction of sp³-hybridized carbons (Fsp3) is 0.250. The molecule has 5 heteroatoms. The van der Waals surface area contributed by atoms with Crippen LogP contribution in [0, 0.1) is 13.8 Å². The van der Waals surface area contributed by atoms with Crippen molar-refractivity contribution in [3.63, 3.8) is 0 Å². The maximum Gasteiger partial charge on any atom is 0.338 e. The molecule has 0 aliphatic rings. The molecule has 2 rings (SSSR count). The number of ether oxygens (including phenoxy) is 1. The molecule has 0 unspecified atom stereocenters. The number of aryl methyl sites for hydroxylation is 2. The van der Waals surface area contributed by atoms with Crippen molar-refractivity contribution < 1.29 is 13.8 Å². The largest absolute Gasteiger partial charge is 0.493 e. The molecule has 0 saturated heterocycles. The molecule has 0 aliphatic heterocycles. The molecule has 4 nitrogen and oxygen atoms in total. The predicted molar refractivity (Wildman–Crippen MR) is 86.7 cm³/mol. The van der Waals surface area contributed by atoms with Gasteiger partial charge < -0.3 is 14.3 Å². The van der Waals surface area contributed by atoms with Gasteiger partial charge in [-0.3, -0.25) is 4.57 Å². The number of hydrogen-bond acceptors (Lipinski definition) is 3. The van der Waals surface area contributed by atoms with Gasteiger partial charge in [0.15, 0.2) is 11.5 Å². The van der Waals surface area contributed by atoms with Crippen molar-refractivity contribution in [1.82, 2.24) is 0 Å². The van der Waals surface area contributed by atoms with Crippen molar-refractivity contribution in [2.24, 2.45) is 0 Å². The molecule has 1 atom stereocenters. The standard InChI is InChI=1S/C16H20NO3P/c1-12-8-7-9-13(2)16(12)17-21(4,18)20-15-11-6-5-10-14(15)19-3/h5-11H,1-4H3,(H,17,18)/t21-/m1/s1. The van der Waals surface area contributed by atoms with Crippen molar-refractivity contribution in [3.8, 4) is 11.5 Å². The Labute approximate surface area is 125 Å². The highest BCUT2D eigenvalue weighted by atomic mass is 31.2. The highest BCUT2D eigenvalue weighted by Crippen LogP contribution is 2.47. The van der Waals surface area contributed by atoms with Gasteiger partial charge in [0.2, 0.25) is 0 Å². The van der Waals surface area contributed by atoms with E-state index in [0.717, 1.165) is 16.8 Å². The third kappa shape index (κ3) is 3.79. The third-order valence-corrected chi connectivity index (χ3v) is 4.31. The molecule has 2 aromatic rings. The Morgan fingerprint density at radius 3 is 2.10 bits per heavy atom. The van der Waals surface area contributed by atoms with Crippen molar-refractivity contribution in [1.29, 1.82) is 0 Å². The quantitative estimate of drug-likeness (QED) is 0.818. The second-order valence-electron chi connectivity index (χ2n) is 4.97. The fourth-order valence-corrected chi connectivity index (χ4v) is 3.43. The molecule has 0 fully saturated rings. The molecular weight excluding hydrogens is 285 g/mol. The molecule has 0 amide bonds. The molecule has 21 heavy (non-hydrogen) atoms. The van der Waals surface area contributed by atoms with Crippen LogP contribution in [0.3, 0.4) is 0 Å². The van der Waals surface area contributed by atoms with E-state index in [9.17, 15) is 4.57 Å². The van der Waals surface area contributed by atoms with E-state index in [0.29, 0.717) is 11.5 Å². The van der Waals surface area contributed by atoms with Crippen LogP contribution in [0.1, 0.15) is 11.1 Å². The Morgan fingerprint density at radius 1 is 0.952 bits per heavy atom. The Hall–Kier alpha value is -1.93. The highest BCUT2D eigenvalue weighted by molar-refractivity contribution is 7.60. The zero-order valence-corrected chi connectivity index (χ0v) is 13.6. The normalized spacial score (nSPS) is 13.3. The van der Waals surface area contributed by atoms with Gasteiger partial charge in [-0.2, -0.15) is 0 Å². The molecule has 0 aromatic heterocycles. The fourth-order valence-electron chi connectivity index (χ4n) is 2.10. The van der Waals surface area contributed by atoms with Gasteiger partial charge in [-0.1, -0.05) is 30.3 Å². The van der Waals surface area contributed by atoms with Crippen LogP contribution in [-0.2, 0) is 4.57 Å². The third-order valence-electron chi connectivity index (χ3n) is 3.14. The summed E-state index contributed by atoms with van der Waals surface area (Å²) in [6.45, 7) is 5.50. The number of anilines is 1. The van der Waals surface area contributed by atoms with Gasteiger partial charge in [-0.25, -0.2) is 0 Å². The summed E-state index contributed by atoms with van der Waals surface area (Å²) in [6.07, 6.45) is 0. The van der Waals surface area contributed by atoms with Crippen LogP contribution >= 0.6 is 7.52 Å². The first kappa shape index (κ1) is 15.5. The molecule has 0 heterocycles. The average Bonchev–Trinajstić information content (AvgIpc) is 2.43. The second kappa shape index (κ2) is 6.23. The van der Waals surface area contributed by atoms with Crippen molar-refractivity contribution in [2.75, 3.05) is 18.9 Å². The Morgan fingerprint density at radius 2 is 1.52 bits per heavy atom. The van der Waals surface area contributed by atoms with Crippen LogP contribution < -0.4 is 14.3 Å². The molecule has 0 bridgehead atoms. The van der Waals surface area contributed by atoms with Crippen LogP contribution in [0.15, 0.2) is 42.5 Å². The number of nitrogens with one attached hydrogen (secondary N) is 1. The van der Waals surface area contributed by atoms with Crippen molar-refractivity contribution in [2.45, 2.75) is 13.8 Å². The number of hydrogen-bond donors (Lipinski definition) is 1. The first-order chi connectivity index (χ1) is 9.93. The first-order valence-corrected chi connectivity index (χ1v) is 8.75. The lowest BCUT2D eigenvalue weighted by Crippen LogP contribution is -2.05. The zero-order valence-electron chi connectivity index (χ0n) is 12.7. The van der Waals surface area contributed by atoms with E-state index >= 15 is 0 Å². The molecule has 112 valence electrons. The smallest absolute Gasteiger partial charge is 0.338 e. The van der Waals surface area contributed by atoms with E-state index in [2.05, 4.69) is 5.09 Å². The minimum absolute atomic E-state index is 0.463. The summed E-state index contributed by atoms with van der Waals surface area (Å²) in [5.74, 6) is 1.02. The van der Waals surface area contributed by atoms with E-state index in [-0.39, 0.29) is 0 Å². The molecule has 1 N–H and O–H groups in total. The van der Waals surface area contributed by atoms with Crippen LogP contribution in [0.25, 0.3) is 0 Å². The summed E-state index contributed by atoms with van der Waals surface area (Å²) in [7, 11) is -1.50. The van der Waals surface area contributed by atoms with E-state index in [4.69, 9.17) is 9.26 Å². The SMILES string of the molecule is COc1ccccc1O[P@@](C)(=O)Nc1c(C)cccc1C. The number of benzene rings is 2. The number of methoxy groups -OCH3 is 1. The second-order valence-corrected chi connectivity index (χ2v) is 7.06. The maximum absolute atomic E-state index is 12.7. The monoisotopic (exact) mass is 305 g/mol. The number of rotatable bonds is 5. The van der Waals surface area contributed by atoms with Gasteiger partial charge in [0, 0.05) is 12.4 Å². The summed E-state index contributed by atoms with van der Waals surface area (Å²) in [6, 6.07) is 13.1. The summed E-state index contributed by atoms with van der Waals surface area (Å²) >= 11 is 0.